The number of rotatable bonds is 8. The number of para-hydroxylation sites is 1. The van der Waals surface area contributed by atoms with E-state index >= 15 is 0 Å². The molecule has 0 heterocycles. The molecule has 0 radical (unpaired) electrons. The van der Waals surface area contributed by atoms with Crippen molar-refractivity contribution in [3.8, 4) is 5.75 Å². The Bertz CT molecular complexity index is 867. The minimum Gasteiger partial charge on any atom is -0.463 e. The van der Waals surface area contributed by atoms with Crippen LogP contribution in [0.25, 0.3) is 6.08 Å². The first-order chi connectivity index (χ1) is 12.4. The Morgan fingerprint density at radius 3 is 2.46 bits per heavy atom. The average molecular weight is 374 g/mol. The highest BCUT2D eigenvalue weighted by atomic mass is 32.2. The number of esters is 1. The quantitative estimate of drug-likeness (QED) is 0.301. The Labute approximate surface area is 154 Å². The largest absolute Gasteiger partial charge is 0.463 e. The number of benzene rings is 2. The number of hydrogen-bond acceptors (Lipinski definition) is 5. The fourth-order valence-electron chi connectivity index (χ4n) is 2.09. The van der Waals surface area contributed by atoms with Crippen molar-refractivity contribution in [2.24, 2.45) is 0 Å². The van der Waals surface area contributed by atoms with E-state index in [1.807, 2.05) is 13.8 Å². The van der Waals surface area contributed by atoms with Crippen molar-refractivity contribution in [3.63, 3.8) is 0 Å². The summed E-state index contributed by atoms with van der Waals surface area (Å²) in [5.74, 6) is -0.333. The molecule has 0 N–H and O–H groups in total. The number of hydrogen-bond donors (Lipinski definition) is 0. The van der Waals surface area contributed by atoms with Crippen molar-refractivity contribution in [3.05, 3.63) is 65.7 Å². The van der Waals surface area contributed by atoms with Crippen LogP contribution < -0.4 is 4.18 Å². The van der Waals surface area contributed by atoms with E-state index in [-0.39, 0.29) is 10.6 Å². The molecule has 0 aliphatic heterocycles. The molecule has 0 fully saturated rings. The fraction of sp³-hybridized carbons (Fsp3) is 0.250. The Hall–Kier alpha value is -2.60. The lowest BCUT2D eigenvalue weighted by Crippen LogP contribution is -2.10. The van der Waals surface area contributed by atoms with Gasteiger partial charge in [0.25, 0.3) is 0 Å². The lowest BCUT2D eigenvalue weighted by molar-refractivity contribution is -0.137. The van der Waals surface area contributed by atoms with Crippen LogP contribution in [0, 0.1) is 6.92 Å². The molecule has 0 spiro atoms. The van der Waals surface area contributed by atoms with E-state index in [9.17, 15) is 13.2 Å². The maximum absolute atomic E-state index is 12.4. The monoisotopic (exact) mass is 374 g/mol. The Morgan fingerprint density at radius 2 is 1.77 bits per heavy atom. The van der Waals surface area contributed by atoms with Crippen LogP contribution >= 0.6 is 0 Å². The highest BCUT2D eigenvalue weighted by Crippen LogP contribution is 2.24. The smallest absolute Gasteiger partial charge is 0.339 e. The van der Waals surface area contributed by atoms with Gasteiger partial charge in [0, 0.05) is 11.6 Å². The van der Waals surface area contributed by atoms with E-state index in [1.54, 1.807) is 30.3 Å². The molecule has 0 bridgehead atoms. The second-order valence-corrected chi connectivity index (χ2v) is 7.29. The van der Waals surface area contributed by atoms with Crippen LogP contribution in [0.15, 0.2) is 59.5 Å². The van der Waals surface area contributed by atoms with Gasteiger partial charge in [0.05, 0.1) is 6.61 Å². The number of ether oxygens (including phenoxy) is 1. The third-order valence-electron chi connectivity index (χ3n) is 3.57. The average Bonchev–Trinajstić information content (AvgIpc) is 2.61. The maximum atomic E-state index is 12.4. The first-order valence-electron chi connectivity index (χ1n) is 8.37. The maximum Gasteiger partial charge on any atom is 0.339 e. The Morgan fingerprint density at radius 1 is 1.08 bits per heavy atom. The van der Waals surface area contributed by atoms with Crippen LogP contribution in [-0.2, 0) is 19.6 Å². The predicted octanol–water partition coefficient (Wildman–Crippen LogP) is 4.12. The summed E-state index contributed by atoms with van der Waals surface area (Å²) in [6.07, 6.45) is 4.48. The molecular formula is C20H22O5S. The van der Waals surface area contributed by atoms with E-state index in [4.69, 9.17) is 8.92 Å². The minimum absolute atomic E-state index is 0.0702. The number of unbranched alkanes of at least 4 members (excludes halogenated alkanes) is 1. The van der Waals surface area contributed by atoms with E-state index in [2.05, 4.69) is 0 Å². The second kappa shape index (κ2) is 9.20. The van der Waals surface area contributed by atoms with E-state index in [0.717, 1.165) is 18.4 Å². The van der Waals surface area contributed by atoms with Gasteiger partial charge in [-0.1, -0.05) is 49.2 Å². The summed E-state index contributed by atoms with van der Waals surface area (Å²) in [7, 11) is -3.96. The standard InChI is InChI=1S/C20H22O5S/c1-3-4-15-24-20(21)14-11-17-7-5-6-8-19(17)25-26(22,23)18-12-9-16(2)10-13-18/h5-14H,3-4,15H2,1-2H3/b14-11+. The predicted molar refractivity (Wildman–Crippen MR) is 100 cm³/mol. The minimum atomic E-state index is -3.96. The number of aryl methyl sites for hydroxylation is 1. The molecule has 0 aliphatic carbocycles. The molecule has 2 rings (SSSR count). The van der Waals surface area contributed by atoms with Crippen molar-refractivity contribution in [1.29, 1.82) is 0 Å². The molecular weight excluding hydrogens is 352 g/mol. The van der Waals surface area contributed by atoms with E-state index in [0.29, 0.717) is 12.2 Å². The van der Waals surface area contributed by atoms with Crippen LogP contribution in [0.1, 0.15) is 30.9 Å². The van der Waals surface area contributed by atoms with Crippen molar-refractivity contribution in [1.82, 2.24) is 0 Å². The van der Waals surface area contributed by atoms with Gasteiger partial charge in [-0.2, -0.15) is 8.42 Å². The van der Waals surface area contributed by atoms with Gasteiger partial charge in [-0.3, -0.25) is 0 Å². The molecule has 5 nitrogen and oxygen atoms in total. The van der Waals surface area contributed by atoms with Crippen LogP contribution in [0.5, 0.6) is 5.75 Å². The Balaban J connectivity index is 2.16. The first kappa shape index (κ1) is 19.7. The summed E-state index contributed by atoms with van der Waals surface area (Å²) in [5.41, 5.74) is 1.42. The number of carbonyl (C=O) groups excluding carboxylic acids is 1. The molecule has 0 amide bonds. The first-order valence-corrected chi connectivity index (χ1v) is 9.78. The zero-order valence-electron chi connectivity index (χ0n) is 14.8. The topological polar surface area (TPSA) is 69.7 Å². The van der Waals surface area contributed by atoms with Crippen molar-refractivity contribution < 1.29 is 22.1 Å². The normalized spacial score (nSPS) is 11.5. The molecule has 0 atom stereocenters. The van der Waals surface area contributed by atoms with E-state index in [1.165, 1.54) is 30.4 Å². The SMILES string of the molecule is CCCCOC(=O)/C=C/c1ccccc1OS(=O)(=O)c1ccc(C)cc1. The molecule has 2 aromatic rings. The summed E-state index contributed by atoms with van der Waals surface area (Å²) >= 11 is 0. The van der Waals surface area contributed by atoms with Crippen LogP contribution in [0.3, 0.4) is 0 Å². The van der Waals surface area contributed by atoms with Crippen LogP contribution in [-0.4, -0.2) is 21.0 Å². The fourth-order valence-corrected chi connectivity index (χ4v) is 3.04. The molecule has 26 heavy (non-hydrogen) atoms. The summed E-state index contributed by atoms with van der Waals surface area (Å²) < 4.78 is 35.2. The van der Waals surface area contributed by atoms with Crippen molar-refractivity contribution in [2.75, 3.05) is 6.61 Å². The van der Waals surface area contributed by atoms with Gasteiger partial charge in [-0.25, -0.2) is 4.79 Å². The van der Waals surface area contributed by atoms with Gasteiger partial charge < -0.3 is 8.92 Å². The van der Waals surface area contributed by atoms with Gasteiger partial charge >= 0.3 is 16.1 Å². The van der Waals surface area contributed by atoms with Gasteiger partial charge in [0.2, 0.25) is 0 Å². The highest BCUT2D eigenvalue weighted by Gasteiger charge is 2.17. The molecule has 0 aromatic heterocycles. The van der Waals surface area contributed by atoms with Crippen molar-refractivity contribution >= 4 is 22.2 Å². The van der Waals surface area contributed by atoms with E-state index < -0.39 is 16.1 Å². The molecule has 2 aromatic carbocycles. The third-order valence-corrected chi connectivity index (χ3v) is 4.82. The molecule has 0 saturated heterocycles. The second-order valence-electron chi connectivity index (χ2n) is 5.74. The third kappa shape index (κ3) is 5.74. The zero-order valence-corrected chi connectivity index (χ0v) is 15.7. The lowest BCUT2D eigenvalue weighted by atomic mass is 10.2. The van der Waals surface area contributed by atoms with Crippen LogP contribution in [0.4, 0.5) is 0 Å². The molecule has 0 unspecified atom stereocenters. The Kier molecular flexibility index (Phi) is 6.97. The van der Waals surface area contributed by atoms with Crippen LogP contribution in [0.2, 0.25) is 0 Å². The zero-order chi connectivity index (χ0) is 19.0. The summed E-state index contributed by atoms with van der Waals surface area (Å²) in [5, 5.41) is 0. The molecule has 138 valence electrons. The lowest BCUT2D eigenvalue weighted by Gasteiger charge is -2.09. The highest BCUT2D eigenvalue weighted by molar-refractivity contribution is 7.87. The molecule has 6 heteroatoms. The van der Waals surface area contributed by atoms with Gasteiger partial charge in [0.15, 0.2) is 0 Å². The van der Waals surface area contributed by atoms with Gasteiger partial charge in [-0.15, -0.1) is 0 Å². The van der Waals surface area contributed by atoms with Crippen molar-refractivity contribution in [2.45, 2.75) is 31.6 Å². The summed E-state index contributed by atoms with van der Waals surface area (Å²) in [6.45, 7) is 4.24. The summed E-state index contributed by atoms with van der Waals surface area (Å²) in [4.78, 5) is 11.7. The number of carbonyl (C=O) groups is 1. The molecule has 0 aliphatic rings. The molecule has 0 saturated carbocycles. The summed E-state index contributed by atoms with van der Waals surface area (Å²) in [6, 6.07) is 13.0. The van der Waals surface area contributed by atoms with Gasteiger partial charge in [0.1, 0.15) is 10.6 Å². The van der Waals surface area contributed by atoms with Gasteiger partial charge in [-0.05, 0) is 37.6 Å².